The van der Waals surface area contributed by atoms with Gasteiger partial charge in [0, 0.05) is 6.42 Å². The Balaban J connectivity index is 2.62. The zero-order valence-electron chi connectivity index (χ0n) is 55.5. The monoisotopic (exact) mass is 1230 g/mol. The lowest BCUT2D eigenvalue weighted by atomic mass is 9.99. The van der Waals surface area contributed by atoms with Gasteiger partial charge in [-0.15, -0.1) is 0 Å². The Morgan fingerprint density at radius 3 is 1.23 bits per heavy atom. The molecule has 1 rings (SSSR count). The van der Waals surface area contributed by atoms with Crippen LogP contribution in [0.4, 0.5) is 0 Å². The van der Waals surface area contributed by atoms with Gasteiger partial charge in [0.05, 0.1) is 25.4 Å². The number of carbonyl (C=O) groups is 2. The normalized spacial score (nSPS) is 19.1. The van der Waals surface area contributed by atoms with Gasteiger partial charge in [-0.05, 0) is 122 Å². The number of hydrogen-bond acceptors (Lipinski definition) is 10. The molecule has 0 saturated carbocycles. The minimum absolute atomic E-state index is 0.104. The van der Waals surface area contributed by atoms with Gasteiger partial charge >= 0.3 is 5.97 Å². The van der Waals surface area contributed by atoms with Crippen molar-refractivity contribution in [3.63, 3.8) is 0 Å². The number of unbranched alkanes of at least 4 members (excludes halogenated alkanes) is 22. The van der Waals surface area contributed by atoms with E-state index in [1.165, 1.54) is 70.6 Å². The molecule has 1 fully saturated rings. The van der Waals surface area contributed by atoms with Gasteiger partial charge in [0.1, 0.15) is 24.4 Å². The quantitative estimate of drug-likeness (QED) is 0.0195. The zero-order chi connectivity index (χ0) is 63.9. The van der Waals surface area contributed by atoms with Crippen LogP contribution in [0, 0.1) is 0 Å². The third-order valence-corrected chi connectivity index (χ3v) is 15.5. The maximum atomic E-state index is 13.5. The second-order valence-electron chi connectivity index (χ2n) is 23.5. The molecule has 8 atom stereocenters. The number of allylic oxidation sites excluding steroid dienone is 23. The van der Waals surface area contributed by atoms with Gasteiger partial charge in [-0.3, -0.25) is 9.59 Å². The summed E-state index contributed by atoms with van der Waals surface area (Å²) in [6.45, 7) is 5.55. The maximum absolute atomic E-state index is 13.5. The summed E-state index contributed by atoms with van der Waals surface area (Å²) in [5.41, 5.74) is 0. The number of hydrogen-bond donors (Lipinski definition) is 6. The first-order chi connectivity index (χ1) is 43.2. The lowest BCUT2D eigenvalue weighted by Crippen LogP contribution is -2.61. The molecule has 500 valence electrons. The zero-order valence-corrected chi connectivity index (χ0v) is 55.5. The molecule has 1 aliphatic rings. The number of amides is 1. The van der Waals surface area contributed by atoms with Crippen LogP contribution in [-0.2, 0) is 23.8 Å². The van der Waals surface area contributed by atoms with E-state index in [4.69, 9.17) is 14.2 Å². The Kier molecular flexibility index (Phi) is 58.1. The first-order valence-corrected chi connectivity index (χ1v) is 35.1. The Bertz CT molecular complexity index is 1990. The summed E-state index contributed by atoms with van der Waals surface area (Å²) in [5.74, 6) is -1.24. The summed E-state index contributed by atoms with van der Waals surface area (Å²) in [7, 11) is 0. The third-order valence-electron chi connectivity index (χ3n) is 15.5. The summed E-state index contributed by atoms with van der Waals surface area (Å²) in [4.78, 5) is 26.7. The molecule has 1 amide bonds. The highest BCUT2D eigenvalue weighted by atomic mass is 16.7. The molecule has 0 aromatic heterocycles. The molecule has 1 heterocycles. The van der Waals surface area contributed by atoms with Gasteiger partial charge in [0.2, 0.25) is 5.91 Å². The van der Waals surface area contributed by atoms with Crippen molar-refractivity contribution in [1.29, 1.82) is 0 Å². The molecular weight excluding hydrogens is 1100 g/mol. The predicted molar refractivity (Wildman–Crippen MR) is 370 cm³/mol. The number of esters is 1. The summed E-state index contributed by atoms with van der Waals surface area (Å²) in [6, 6.07) is -1.05. The minimum atomic E-state index is -1.63. The molecule has 6 N–H and O–H groups in total. The Labute approximate surface area is 536 Å². The minimum Gasteiger partial charge on any atom is -0.454 e. The van der Waals surface area contributed by atoms with Gasteiger partial charge in [-0.1, -0.05) is 282 Å². The summed E-state index contributed by atoms with van der Waals surface area (Å²) in [6.07, 6.45) is 80.2. The molecule has 0 spiro atoms. The van der Waals surface area contributed by atoms with E-state index in [2.05, 4.69) is 160 Å². The molecule has 1 aliphatic heterocycles. The number of ether oxygens (including phenoxy) is 3. The summed E-state index contributed by atoms with van der Waals surface area (Å²) < 4.78 is 17.7. The van der Waals surface area contributed by atoms with E-state index in [0.29, 0.717) is 12.8 Å². The first-order valence-electron chi connectivity index (χ1n) is 35.1. The third kappa shape index (κ3) is 49.3. The summed E-state index contributed by atoms with van der Waals surface area (Å²) >= 11 is 0. The Hall–Kier alpha value is -4.46. The van der Waals surface area contributed by atoms with Crippen molar-refractivity contribution < 1.29 is 49.3 Å². The van der Waals surface area contributed by atoms with Crippen LogP contribution in [0.5, 0.6) is 0 Å². The molecule has 0 aromatic rings. The topological polar surface area (TPSA) is 175 Å². The van der Waals surface area contributed by atoms with Crippen LogP contribution >= 0.6 is 0 Å². The first kappa shape index (κ1) is 81.6. The molecule has 11 heteroatoms. The fraction of sp³-hybridized carbons (Fsp3) is 0.662. The number of aliphatic hydroxyl groups is 5. The van der Waals surface area contributed by atoms with E-state index < -0.39 is 67.4 Å². The van der Waals surface area contributed by atoms with Crippen molar-refractivity contribution in [3.8, 4) is 0 Å². The van der Waals surface area contributed by atoms with E-state index in [1.54, 1.807) is 6.08 Å². The van der Waals surface area contributed by atoms with E-state index in [-0.39, 0.29) is 19.4 Å². The maximum Gasteiger partial charge on any atom is 0.306 e. The van der Waals surface area contributed by atoms with E-state index in [0.717, 1.165) is 148 Å². The average Bonchev–Trinajstić information content (AvgIpc) is 2.54. The average molecular weight is 1230 g/mol. The van der Waals surface area contributed by atoms with E-state index in [1.807, 2.05) is 6.08 Å². The SMILES string of the molecule is CC/C=C\C/C=C\C/C=C\C/C=C\C/C=C\C/C=C\CCCCCC(O)C(=O)NC(COC1OC(CO)C(O)C(O)C1OC(=O)CCCCCCCCCCC/C=C\C/C=C\C/C=C\C/C=C\C/C=C\CC)C(O)/C=C/CCCCCCCCCCCC. The van der Waals surface area contributed by atoms with Crippen LogP contribution in [0.25, 0.3) is 0 Å². The van der Waals surface area contributed by atoms with E-state index in [9.17, 15) is 35.1 Å². The highest BCUT2D eigenvalue weighted by Gasteiger charge is 2.47. The van der Waals surface area contributed by atoms with Crippen LogP contribution in [0.2, 0.25) is 0 Å². The molecular formula is C77H127NO10. The smallest absolute Gasteiger partial charge is 0.306 e. The van der Waals surface area contributed by atoms with Crippen molar-refractivity contribution in [2.24, 2.45) is 0 Å². The molecule has 0 aromatic carbocycles. The van der Waals surface area contributed by atoms with Crippen LogP contribution in [0.1, 0.15) is 265 Å². The highest BCUT2D eigenvalue weighted by molar-refractivity contribution is 5.80. The number of aliphatic hydroxyl groups excluding tert-OH is 5. The van der Waals surface area contributed by atoms with Crippen molar-refractivity contribution in [2.75, 3.05) is 13.2 Å². The van der Waals surface area contributed by atoms with E-state index >= 15 is 0 Å². The predicted octanol–water partition coefficient (Wildman–Crippen LogP) is 18.1. The molecule has 0 radical (unpaired) electrons. The van der Waals surface area contributed by atoms with Gasteiger partial charge < -0.3 is 45.1 Å². The second kappa shape index (κ2) is 62.7. The standard InChI is InChI=1S/C77H127NO10/c1-4-7-10-13-16-19-22-25-27-29-31-33-35-36-37-39-41-43-45-47-50-53-56-59-62-65-72(82)88-75-74(84)73(83)71(66-79)87-77(75)86-67-68(69(80)63-60-57-54-51-48-24-21-18-15-12-9-6-3)78-76(85)70(81)64-61-58-55-52-49-46-44-42-40-38-34-32-30-28-26-23-20-17-14-11-8-5-2/h7-8,10-11,16-17,19-20,25-28,31-34,36-37,40,42,46,49,60,63,68-71,73-75,77,79-81,83-84H,4-6,9,12-15,18,21-24,29-30,35,38-39,41,43-45,47-48,50-59,61-62,64-67H2,1-3H3,(H,78,85)/b10-7-,11-8-,19-16-,20-17-,27-25-,28-26-,33-31-,34-32-,37-36-,42-40-,49-46-,63-60+. The van der Waals surface area contributed by atoms with Crippen molar-refractivity contribution in [1.82, 2.24) is 5.32 Å². The molecule has 11 nitrogen and oxygen atoms in total. The van der Waals surface area contributed by atoms with Crippen LogP contribution in [-0.4, -0.2) is 99.6 Å². The van der Waals surface area contributed by atoms with Gasteiger partial charge in [-0.25, -0.2) is 0 Å². The second-order valence-corrected chi connectivity index (χ2v) is 23.5. The summed E-state index contributed by atoms with van der Waals surface area (Å²) in [5, 5.41) is 57.2. The lowest BCUT2D eigenvalue weighted by Gasteiger charge is -2.41. The molecule has 88 heavy (non-hydrogen) atoms. The van der Waals surface area contributed by atoms with Gasteiger partial charge in [-0.2, -0.15) is 0 Å². The molecule has 0 bridgehead atoms. The molecule has 0 aliphatic carbocycles. The van der Waals surface area contributed by atoms with Crippen molar-refractivity contribution >= 4 is 11.9 Å². The Morgan fingerprint density at radius 1 is 0.455 bits per heavy atom. The number of nitrogens with one attached hydrogen (secondary N) is 1. The fourth-order valence-corrected chi connectivity index (χ4v) is 10.0. The largest absolute Gasteiger partial charge is 0.454 e. The van der Waals surface area contributed by atoms with Gasteiger partial charge in [0.15, 0.2) is 12.4 Å². The van der Waals surface area contributed by atoms with Gasteiger partial charge in [0.25, 0.3) is 0 Å². The lowest BCUT2D eigenvalue weighted by molar-refractivity contribution is -0.305. The van der Waals surface area contributed by atoms with Crippen molar-refractivity contribution in [2.45, 2.75) is 314 Å². The number of carbonyl (C=O) groups excluding carboxylic acids is 2. The highest BCUT2D eigenvalue weighted by Crippen LogP contribution is 2.26. The fourth-order valence-electron chi connectivity index (χ4n) is 10.0. The van der Waals surface area contributed by atoms with Crippen molar-refractivity contribution in [3.05, 3.63) is 146 Å². The van der Waals surface area contributed by atoms with Crippen LogP contribution < -0.4 is 5.32 Å². The molecule has 8 unspecified atom stereocenters. The van der Waals surface area contributed by atoms with Crippen LogP contribution in [0.3, 0.4) is 0 Å². The van der Waals surface area contributed by atoms with Crippen LogP contribution in [0.15, 0.2) is 146 Å². The Morgan fingerprint density at radius 2 is 0.818 bits per heavy atom. The number of rotatable bonds is 58. The molecule has 1 saturated heterocycles.